The lowest BCUT2D eigenvalue weighted by Gasteiger charge is -2.12. The minimum atomic E-state index is 0.669. The third-order valence-corrected chi connectivity index (χ3v) is 3.71. The molecule has 0 aliphatic rings. The highest BCUT2D eigenvalue weighted by Crippen LogP contribution is 2.27. The van der Waals surface area contributed by atoms with E-state index >= 15 is 0 Å². The van der Waals surface area contributed by atoms with Crippen LogP contribution in [0.4, 0.5) is 0 Å². The van der Waals surface area contributed by atoms with E-state index in [0.717, 1.165) is 13.0 Å². The lowest BCUT2D eigenvalue weighted by Crippen LogP contribution is -2.09. The highest BCUT2D eigenvalue weighted by atomic mass is 32.2. The molecule has 1 aromatic rings. The van der Waals surface area contributed by atoms with Gasteiger partial charge in [0.25, 0.3) is 0 Å². The van der Waals surface area contributed by atoms with E-state index in [2.05, 4.69) is 38.1 Å². The van der Waals surface area contributed by atoms with Gasteiger partial charge >= 0.3 is 0 Å². The van der Waals surface area contributed by atoms with Crippen LogP contribution in [0.25, 0.3) is 0 Å². The Labute approximate surface area is 91.1 Å². The fourth-order valence-corrected chi connectivity index (χ4v) is 2.44. The molecule has 14 heavy (non-hydrogen) atoms. The maximum atomic E-state index is 5.57. The van der Waals surface area contributed by atoms with Gasteiger partial charge in [-0.05, 0) is 38.4 Å². The van der Waals surface area contributed by atoms with Crippen molar-refractivity contribution < 1.29 is 0 Å². The summed E-state index contributed by atoms with van der Waals surface area (Å²) in [5.74, 6) is 0. The first-order valence-corrected chi connectivity index (χ1v) is 6.07. The maximum absolute atomic E-state index is 5.57. The minimum absolute atomic E-state index is 0.669. The summed E-state index contributed by atoms with van der Waals surface area (Å²) in [6.45, 7) is 5.13. The monoisotopic (exact) mass is 209 g/mol. The Balaban J connectivity index is 2.53. The van der Waals surface area contributed by atoms with Crippen molar-refractivity contribution in [2.75, 3.05) is 6.54 Å². The van der Waals surface area contributed by atoms with E-state index in [4.69, 9.17) is 5.73 Å². The third-order valence-electron chi connectivity index (χ3n) is 2.27. The lowest BCUT2D eigenvalue weighted by molar-refractivity contribution is 0.745. The Morgan fingerprint density at radius 2 is 1.93 bits per heavy atom. The second-order valence-corrected chi connectivity index (χ2v) is 4.91. The van der Waals surface area contributed by atoms with Gasteiger partial charge in [-0.25, -0.2) is 0 Å². The number of rotatable bonds is 5. The summed E-state index contributed by atoms with van der Waals surface area (Å²) in [6, 6.07) is 8.72. The molecule has 1 unspecified atom stereocenters. The molecule has 1 rings (SSSR count). The van der Waals surface area contributed by atoms with Crippen LogP contribution in [0, 0.1) is 6.92 Å². The second-order valence-electron chi connectivity index (χ2n) is 3.54. The van der Waals surface area contributed by atoms with Gasteiger partial charge in [0, 0.05) is 10.1 Å². The van der Waals surface area contributed by atoms with Crippen LogP contribution in [-0.4, -0.2) is 11.8 Å². The standard InChI is InChI=1S/C12H19NS/c1-3-11(8-9-13)14-12-6-4-10(2)5-7-12/h4-7,11H,3,8-9,13H2,1-2H3. The summed E-state index contributed by atoms with van der Waals surface area (Å²) < 4.78 is 0. The Morgan fingerprint density at radius 1 is 1.29 bits per heavy atom. The molecule has 2 N–H and O–H groups in total. The average molecular weight is 209 g/mol. The highest BCUT2D eigenvalue weighted by Gasteiger charge is 2.06. The van der Waals surface area contributed by atoms with Gasteiger partial charge < -0.3 is 5.73 Å². The van der Waals surface area contributed by atoms with Gasteiger partial charge in [0.15, 0.2) is 0 Å². The summed E-state index contributed by atoms with van der Waals surface area (Å²) in [7, 11) is 0. The van der Waals surface area contributed by atoms with E-state index in [1.54, 1.807) is 0 Å². The first-order chi connectivity index (χ1) is 6.76. The normalized spacial score (nSPS) is 12.8. The lowest BCUT2D eigenvalue weighted by atomic mass is 10.2. The summed E-state index contributed by atoms with van der Waals surface area (Å²) in [5, 5.41) is 0.669. The van der Waals surface area contributed by atoms with Gasteiger partial charge in [-0.2, -0.15) is 0 Å². The smallest absolute Gasteiger partial charge is 0.0104 e. The van der Waals surface area contributed by atoms with E-state index in [1.165, 1.54) is 16.9 Å². The molecule has 0 aromatic heterocycles. The Morgan fingerprint density at radius 3 is 2.43 bits per heavy atom. The highest BCUT2D eigenvalue weighted by molar-refractivity contribution is 8.00. The Bertz CT molecular complexity index is 256. The summed E-state index contributed by atoms with van der Waals surface area (Å²) in [6.07, 6.45) is 2.30. The fourth-order valence-electron chi connectivity index (χ4n) is 1.34. The molecule has 1 atom stereocenters. The Hall–Kier alpha value is -0.470. The van der Waals surface area contributed by atoms with Crippen LogP contribution in [-0.2, 0) is 0 Å². The zero-order valence-electron chi connectivity index (χ0n) is 8.99. The van der Waals surface area contributed by atoms with Crippen molar-refractivity contribution >= 4 is 11.8 Å². The predicted octanol–water partition coefficient (Wildman–Crippen LogP) is 3.21. The Kier molecular flexibility index (Phi) is 5.05. The first-order valence-electron chi connectivity index (χ1n) is 5.19. The van der Waals surface area contributed by atoms with Gasteiger partial charge in [0.05, 0.1) is 0 Å². The number of hydrogen-bond acceptors (Lipinski definition) is 2. The summed E-state index contributed by atoms with van der Waals surface area (Å²) in [5.41, 5.74) is 6.89. The average Bonchev–Trinajstić information content (AvgIpc) is 2.20. The van der Waals surface area contributed by atoms with E-state index in [1.807, 2.05) is 11.8 Å². The zero-order chi connectivity index (χ0) is 10.4. The molecule has 2 heteroatoms. The van der Waals surface area contributed by atoms with Gasteiger partial charge in [-0.15, -0.1) is 11.8 Å². The van der Waals surface area contributed by atoms with Gasteiger partial charge in [-0.3, -0.25) is 0 Å². The molecular formula is C12H19NS. The molecule has 0 spiro atoms. The molecular weight excluding hydrogens is 190 g/mol. The number of aryl methyl sites for hydroxylation is 1. The molecule has 1 nitrogen and oxygen atoms in total. The molecule has 0 saturated carbocycles. The van der Waals surface area contributed by atoms with E-state index in [9.17, 15) is 0 Å². The van der Waals surface area contributed by atoms with Crippen LogP contribution in [0.2, 0.25) is 0 Å². The molecule has 0 bridgehead atoms. The maximum Gasteiger partial charge on any atom is 0.0104 e. The largest absolute Gasteiger partial charge is 0.330 e. The molecule has 78 valence electrons. The van der Waals surface area contributed by atoms with Crippen molar-refractivity contribution in [1.82, 2.24) is 0 Å². The van der Waals surface area contributed by atoms with E-state index in [0.29, 0.717) is 5.25 Å². The van der Waals surface area contributed by atoms with Crippen molar-refractivity contribution in [3.8, 4) is 0 Å². The van der Waals surface area contributed by atoms with Crippen LogP contribution in [0.1, 0.15) is 25.3 Å². The minimum Gasteiger partial charge on any atom is -0.330 e. The van der Waals surface area contributed by atoms with Crippen LogP contribution >= 0.6 is 11.8 Å². The topological polar surface area (TPSA) is 26.0 Å². The molecule has 0 radical (unpaired) electrons. The third kappa shape index (κ3) is 3.72. The van der Waals surface area contributed by atoms with E-state index < -0.39 is 0 Å². The summed E-state index contributed by atoms with van der Waals surface area (Å²) >= 11 is 1.94. The fraction of sp³-hybridized carbons (Fsp3) is 0.500. The van der Waals surface area contributed by atoms with Gasteiger partial charge in [0.1, 0.15) is 0 Å². The molecule has 0 heterocycles. The molecule has 0 fully saturated rings. The molecule has 0 saturated heterocycles. The quantitative estimate of drug-likeness (QED) is 0.754. The number of thioether (sulfide) groups is 1. The van der Waals surface area contributed by atoms with Gasteiger partial charge in [-0.1, -0.05) is 24.6 Å². The first kappa shape index (κ1) is 11.6. The molecule has 0 aliphatic carbocycles. The molecule has 0 aliphatic heterocycles. The van der Waals surface area contributed by atoms with E-state index in [-0.39, 0.29) is 0 Å². The SMILES string of the molecule is CCC(CCN)Sc1ccc(C)cc1. The van der Waals surface area contributed by atoms with Crippen molar-refractivity contribution in [1.29, 1.82) is 0 Å². The number of benzene rings is 1. The van der Waals surface area contributed by atoms with Crippen LogP contribution in [0.5, 0.6) is 0 Å². The van der Waals surface area contributed by atoms with Crippen LogP contribution in [0.15, 0.2) is 29.2 Å². The van der Waals surface area contributed by atoms with Crippen molar-refractivity contribution in [3.05, 3.63) is 29.8 Å². The summed E-state index contributed by atoms with van der Waals surface area (Å²) in [4.78, 5) is 1.36. The second kappa shape index (κ2) is 6.10. The van der Waals surface area contributed by atoms with Gasteiger partial charge in [0.2, 0.25) is 0 Å². The predicted molar refractivity (Wildman–Crippen MR) is 64.8 cm³/mol. The van der Waals surface area contributed by atoms with Crippen LogP contribution < -0.4 is 5.73 Å². The number of nitrogens with two attached hydrogens (primary N) is 1. The molecule has 1 aromatic carbocycles. The zero-order valence-corrected chi connectivity index (χ0v) is 9.81. The van der Waals surface area contributed by atoms with Crippen molar-refractivity contribution in [2.45, 2.75) is 36.8 Å². The van der Waals surface area contributed by atoms with Crippen molar-refractivity contribution in [2.24, 2.45) is 5.73 Å². The van der Waals surface area contributed by atoms with Crippen LogP contribution in [0.3, 0.4) is 0 Å². The number of hydrogen-bond donors (Lipinski definition) is 1. The van der Waals surface area contributed by atoms with Crippen molar-refractivity contribution in [3.63, 3.8) is 0 Å². The molecule has 0 amide bonds.